The van der Waals surface area contributed by atoms with Crippen molar-refractivity contribution >= 4 is 16.5 Å². The van der Waals surface area contributed by atoms with Gasteiger partial charge in [0.15, 0.2) is 5.13 Å². The minimum atomic E-state index is 0.740. The molecule has 0 aliphatic heterocycles. The van der Waals surface area contributed by atoms with Crippen molar-refractivity contribution in [3.8, 4) is 0 Å². The summed E-state index contributed by atoms with van der Waals surface area (Å²) in [4.78, 5) is 8.02. The topological polar surface area (TPSA) is 28.2 Å². The van der Waals surface area contributed by atoms with E-state index in [1.54, 1.807) is 11.3 Å². The molecule has 1 aliphatic carbocycles. The average Bonchev–Trinajstić information content (AvgIpc) is 2.84. The molecule has 1 saturated carbocycles. The molecule has 1 fully saturated rings. The molecule has 1 N–H and O–H groups in total. The monoisotopic (exact) mass is 239 g/mol. The van der Waals surface area contributed by atoms with Crippen molar-refractivity contribution in [2.24, 2.45) is 0 Å². The summed E-state index contributed by atoms with van der Waals surface area (Å²) in [6, 6.07) is 0.740. The number of nitrogens with zero attached hydrogens (tertiary/aromatic N) is 2. The molecule has 0 atom stereocenters. The van der Waals surface area contributed by atoms with E-state index in [9.17, 15) is 0 Å². The molecule has 1 aromatic rings. The van der Waals surface area contributed by atoms with Crippen molar-refractivity contribution in [3.05, 3.63) is 10.6 Å². The molecule has 0 radical (unpaired) electrons. The first-order valence-electron chi connectivity index (χ1n) is 6.04. The van der Waals surface area contributed by atoms with Gasteiger partial charge in [0.2, 0.25) is 0 Å². The fourth-order valence-electron chi connectivity index (χ4n) is 2.13. The van der Waals surface area contributed by atoms with Crippen LogP contribution < -0.4 is 10.2 Å². The Morgan fingerprint density at radius 3 is 2.62 bits per heavy atom. The summed E-state index contributed by atoms with van der Waals surface area (Å²) in [7, 11) is 4.10. The second kappa shape index (κ2) is 5.15. The molecule has 1 aliphatic rings. The maximum Gasteiger partial charge on any atom is 0.185 e. The minimum Gasteiger partial charge on any atom is -0.354 e. The summed E-state index contributed by atoms with van der Waals surface area (Å²) in [5.74, 6) is 0. The molecule has 1 heterocycles. The highest BCUT2D eigenvalue weighted by atomic mass is 32.1. The van der Waals surface area contributed by atoms with Crippen molar-refractivity contribution in [2.75, 3.05) is 19.0 Å². The van der Waals surface area contributed by atoms with Gasteiger partial charge >= 0.3 is 0 Å². The number of hydrogen-bond donors (Lipinski definition) is 1. The zero-order chi connectivity index (χ0) is 11.5. The Labute approximate surface area is 102 Å². The maximum atomic E-state index is 4.56. The predicted molar refractivity (Wildman–Crippen MR) is 70.3 cm³/mol. The third-order valence-electron chi connectivity index (χ3n) is 3.17. The first kappa shape index (κ1) is 11.9. The van der Waals surface area contributed by atoms with Gasteiger partial charge in [0.25, 0.3) is 0 Å². The second-order valence-electron chi connectivity index (χ2n) is 4.76. The van der Waals surface area contributed by atoms with Gasteiger partial charge < -0.3 is 10.2 Å². The first-order chi connectivity index (χ1) is 7.66. The van der Waals surface area contributed by atoms with Crippen molar-refractivity contribution in [2.45, 2.75) is 45.2 Å². The van der Waals surface area contributed by atoms with Gasteiger partial charge in [0.05, 0.1) is 5.69 Å². The Kier molecular flexibility index (Phi) is 3.82. The zero-order valence-corrected chi connectivity index (χ0v) is 11.2. The summed E-state index contributed by atoms with van der Waals surface area (Å²) in [5.41, 5.74) is 1.18. The van der Waals surface area contributed by atoms with Crippen molar-refractivity contribution in [3.63, 3.8) is 0 Å². The SMILES string of the molecule is Cc1nc(N(C)C)sc1CNC1CCCC1. The van der Waals surface area contributed by atoms with E-state index in [1.807, 2.05) is 14.1 Å². The summed E-state index contributed by atoms with van der Waals surface area (Å²) < 4.78 is 0. The van der Waals surface area contributed by atoms with E-state index in [0.29, 0.717) is 0 Å². The molecule has 2 rings (SSSR count). The first-order valence-corrected chi connectivity index (χ1v) is 6.85. The highest BCUT2D eigenvalue weighted by Gasteiger charge is 2.15. The second-order valence-corrected chi connectivity index (χ2v) is 5.82. The molecular formula is C12H21N3S. The summed E-state index contributed by atoms with van der Waals surface area (Å²) in [6.45, 7) is 3.09. The molecule has 1 aromatic heterocycles. The van der Waals surface area contributed by atoms with Crippen LogP contribution in [0.25, 0.3) is 0 Å². The van der Waals surface area contributed by atoms with Crippen LogP contribution in [-0.4, -0.2) is 25.1 Å². The van der Waals surface area contributed by atoms with E-state index in [4.69, 9.17) is 0 Å². The zero-order valence-electron chi connectivity index (χ0n) is 10.4. The number of rotatable bonds is 4. The van der Waals surface area contributed by atoms with Crippen LogP contribution in [0.15, 0.2) is 0 Å². The molecule has 0 saturated heterocycles. The molecule has 0 unspecified atom stereocenters. The average molecular weight is 239 g/mol. The van der Waals surface area contributed by atoms with E-state index < -0.39 is 0 Å². The van der Waals surface area contributed by atoms with E-state index >= 15 is 0 Å². The molecule has 16 heavy (non-hydrogen) atoms. The Morgan fingerprint density at radius 2 is 2.06 bits per heavy atom. The third-order valence-corrected chi connectivity index (χ3v) is 4.50. The van der Waals surface area contributed by atoms with Crippen molar-refractivity contribution in [1.29, 1.82) is 0 Å². The molecule has 0 amide bonds. The van der Waals surface area contributed by atoms with Crippen LogP contribution in [0, 0.1) is 6.92 Å². The fraction of sp³-hybridized carbons (Fsp3) is 0.750. The number of thiazole rings is 1. The molecule has 3 nitrogen and oxygen atoms in total. The number of nitrogens with one attached hydrogen (secondary N) is 1. The number of aryl methyl sites for hydroxylation is 1. The predicted octanol–water partition coefficient (Wildman–Crippen LogP) is 2.55. The summed E-state index contributed by atoms with van der Waals surface area (Å²) in [6.07, 6.45) is 5.47. The lowest BCUT2D eigenvalue weighted by molar-refractivity contribution is 0.526. The van der Waals surface area contributed by atoms with Gasteiger partial charge in [0, 0.05) is 31.6 Å². The van der Waals surface area contributed by atoms with Crippen LogP contribution in [0.5, 0.6) is 0 Å². The molecule has 0 spiro atoms. The Morgan fingerprint density at radius 1 is 1.38 bits per heavy atom. The fourth-order valence-corrected chi connectivity index (χ4v) is 3.07. The molecular weight excluding hydrogens is 218 g/mol. The lowest BCUT2D eigenvalue weighted by Crippen LogP contribution is -2.25. The number of hydrogen-bond acceptors (Lipinski definition) is 4. The van der Waals surface area contributed by atoms with E-state index in [0.717, 1.165) is 17.7 Å². The normalized spacial score (nSPS) is 16.9. The van der Waals surface area contributed by atoms with Gasteiger partial charge in [-0.1, -0.05) is 12.8 Å². The maximum absolute atomic E-state index is 4.56. The van der Waals surface area contributed by atoms with Crippen molar-refractivity contribution in [1.82, 2.24) is 10.3 Å². The number of aromatic nitrogens is 1. The minimum absolute atomic E-state index is 0.740. The van der Waals surface area contributed by atoms with Gasteiger partial charge in [-0.25, -0.2) is 4.98 Å². The molecule has 0 bridgehead atoms. The van der Waals surface area contributed by atoms with E-state index in [2.05, 4.69) is 22.1 Å². The van der Waals surface area contributed by atoms with Gasteiger partial charge in [-0.2, -0.15) is 0 Å². The lowest BCUT2D eigenvalue weighted by Gasteiger charge is -2.10. The summed E-state index contributed by atoms with van der Waals surface area (Å²) in [5, 5.41) is 4.75. The van der Waals surface area contributed by atoms with Crippen LogP contribution in [-0.2, 0) is 6.54 Å². The van der Waals surface area contributed by atoms with Crippen LogP contribution in [0.2, 0.25) is 0 Å². The van der Waals surface area contributed by atoms with Crippen LogP contribution in [0.1, 0.15) is 36.3 Å². The lowest BCUT2D eigenvalue weighted by atomic mass is 10.2. The van der Waals surface area contributed by atoms with E-state index in [1.165, 1.54) is 36.3 Å². The van der Waals surface area contributed by atoms with Crippen molar-refractivity contribution < 1.29 is 0 Å². The standard InChI is InChI=1S/C12H21N3S/c1-9-11(16-12(14-9)15(2)3)8-13-10-6-4-5-7-10/h10,13H,4-8H2,1-3H3. The van der Waals surface area contributed by atoms with Gasteiger partial charge in [-0.3, -0.25) is 0 Å². The molecule has 4 heteroatoms. The highest BCUT2D eigenvalue weighted by Crippen LogP contribution is 2.25. The van der Waals surface area contributed by atoms with Crippen LogP contribution in [0.4, 0.5) is 5.13 Å². The molecule has 90 valence electrons. The Bertz CT molecular complexity index is 340. The van der Waals surface area contributed by atoms with Crippen LogP contribution >= 0.6 is 11.3 Å². The largest absolute Gasteiger partial charge is 0.354 e. The number of anilines is 1. The van der Waals surface area contributed by atoms with Gasteiger partial charge in [-0.15, -0.1) is 11.3 Å². The third kappa shape index (κ3) is 2.74. The quantitative estimate of drug-likeness (QED) is 0.875. The summed E-state index contributed by atoms with van der Waals surface area (Å²) >= 11 is 1.80. The Balaban J connectivity index is 1.92. The highest BCUT2D eigenvalue weighted by molar-refractivity contribution is 7.15. The van der Waals surface area contributed by atoms with Crippen LogP contribution in [0.3, 0.4) is 0 Å². The van der Waals surface area contributed by atoms with E-state index in [-0.39, 0.29) is 0 Å². The van der Waals surface area contributed by atoms with Gasteiger partial charge in [-0.05, 0) is 19.8 Å². The Hall–Kier alpha value is -0.610. The molecule has 0 aromatic carbocycles. The van der Waals surface area contributed by atoms with Gasteiger partial charge in [0.1, 0.15) is 0 Å². The smallest absolute Gasteiger partial charge is 0.185 e.